The van der Waals surface area contributed by atoms with Crippen LogP contribution >= 0.6 is 0 Å². The third kappa shape index (κ3) is 4.72. The third-order valence-corrected chi connectivity index (χ3v) is 15.2. The van der Waals surface area contributed by atoms with Gasteiger partial charge in [0.15, 0.2) is 0 Å². The van der Waals surface area contributed by atoms with Gasteiger partial charge in [-0.2, -0.15) is 0 Å². The van der Waals surface area contributed by atoms with Crippen LogP contribution in [-0.2, 0) is 10.8 Å². The highest BCUT2D eigenvalue weighted by Crippen LogP contribution is 2.65. The van der Waals surface area contributed by atoms with Crippen LogP contribution in [0.25, 0.3) is 55.6 Å². The Balaban J connectivity index is 1.03. The fraction of sp³-hybridized carbons (Fsp3) is 0.0625. The number of anilines is 3. The Bertz CT molecular complexity index is 3300. The first-order chi connectivity index (χ1) is 32.0. The molecule has 0 heterocycles. The highest BCUT2D eigenvalue weighted by molar-refractivity contribution is 5.99. The maximum absolute atomic E-state index is 2.52. The van der Waals surface area contributed by atoms with E-state index in [1.165, 1.54) is 111 Å². The minimum absolute atomic E-state index is 0.450. The highest BCUT2D eigenvalue weighted by Gasteiger charge is 2.53. The van der Waals surface area contributed by atoms with Crippen molar-refractivity contribution >= 4 is 17.1 Å². The summed E-state index contributed by atoms with van der Waals surface area (Å²) in [6.07, 6.45) is 0. The smallest absolute Gasteiger partial charge is 0.0726 e. The molecule has 0 aromatic heterocycles. The van der Waals surface area contributed by atoms with Gasteiger partial charge in [-0.3, -0.25) is 0 Å². The second kappa shape index (κ2) is 13.3. The highest BCUT2D eigenvalue weighted by atomic mass is 15.1. The van der Waals surface area contributed by atoms with Crippen LogP contribution in [0, 0.1) is 13.8 Å². The molecule has 304 valence electrons. The maximum Gasteiger partial charge on any atom is 0.0726 e. The summed E-state index contributed by atoms with van der Waals surface area (Å²) in [6.45, 7) is 4.37. The zero-order chi connectivity index (χ0) is 43.0. The minimum atomic E-state index is -0.450. The van der Waals surface area contributed by atoms with Crippen LogP contribution < -0.4 is 4.90 Å². The Hall–Kier alpha value is -8.00. The molecule has 4 aliphatic rings. The van der Waals surface area contributed by atoms with Crippen LogP contribution in [0.4, 0.5) is 17.1 Å². The number of hydrogen-bond acceptors (Lipinski definition) is 1. The molecule has 65 heavy (non-hydrogen) atoms. The van der Waals surface area contributed by atoms with Gasteiger partial charge in [-0.15, -0.1) is 0 Å². The van der Waals surface area contributed by atoms with E-state index in [9.17, 15) is 0 Å². The summed E-state index contributed by atoms with van der Waals surface area (Å²) in [5, 5.41) is 0. The molecule has 0 saturated heterocycles. The van der Waals surface area contributed by atoms with E-state index in [4.69, 9.17) is 0 Å². The van der Waals surface area contributed by atoms with Crippen LogP contribution in [0.1, 0.15) is 55.6 Å². The average Bonchev–Trinajstić information content (AvgIpc) is 4.03. The van der Waals surface area contributed by atoms with E-state index >= 15 is 0 Å². The normalized spacial score (nSPS) is 14.2. The second-order valence-electron chi connectivity index (χ2n) is 18.5. The second-order valence-corrected chi connectivity index (χ2v) is 18.5. The summed E-state index contributed by atoms with van der Waals surface area (Å²) in [5.74, 6) is 0. The Morgan fingerprint density at radius 1 is 0.246 bits per heavy atom. The zero-order valence-electron chi connectivity index (χ0n) is 36.3. The average molecular weight is 826 g/mol. The molecule has 2 spiro atoms. The predicted octanol–water partition coefficient (Wildman–Crippen LogP) is 16.1. The summed E-state index contributed by atoms with van der Waals surface area (Å²) < 4.78 is 0. The van der Waals surface area contributed by atoms with Gasteiger partial charge < -0.3 is 4.90 Å². The SMILES string of the molecule is Cc1cc(C)cc(-c2ccc(N(c3ccc4c(c3)C3(c5ccccc5-c5ccccc53)c3ccccc3-4)c3ccc4c(c3)C3(c5ccccc5-c5ccccc53)c3ccccc3-4)cc2)c1. The molecule has 0 radical (unpaired) electrons. The molecule has 0 bridgehead atoms. The first kappa shape index (κ1) is 36.5. The number of benzene rings is 10. The monoisotopic (exact) mass is 825 g/mol. The maximum atomic E-state index is 2.52. The third-order valence-electron chi connectivity index (χ3n) is 15.2. The summed E-state index contributed by atoms with van der Waals surface area (Å²) in [4.78, 5) is 2.51. The van der Waals surface area contributed by atoms with Gasteiger partial charge in [0, 0.05) is 17.1 Å². The van der Waals surface area contributed by atoms with Crippen molar-refractivity contribution < 1.29 is 0 Å². The number of rotatable bonds is 4. The summed E-state index contributed by atoms with van der Waals surface area (Å²) in [5.41, 5.74) is 28.7. The lowest BCUT2D eigenvalue weighted by Crippen LogP contribution is -2.26. The molecule has 0 unspecified atom stereocenters. The van der Waals surface area contributed by atoms with Crippen molar-refractivity contribution in [3.8, 4) is 55.6 Å². The number of nitrogens with zero attached hydrogens (tertiary/aromatic N) is 1. The number of aryl methyl sites for hydroxylation is 2. The topological polar surface area (TPSA) is 3.24 Å². The summed E-state index contributed by atoms with van der Waals surface area (Å²) in [6, 6.07) is 85.2. The Morgan fingerprint density at radius 2 is 0.538 bits per heavy atom. The summed E-state index contributed by atoms with van der Waals surface area (Å²) in [7, 11) is 0. The molecule has 0 N–H and O–H groups in total. The van der Waals surface area contributed by atoms with Crippen molar-refractivity contribution in [3.05, 3.63) is 280 Å². The molecule has 1 heteroatoms. The van der Waals surface area contributed by atoms with Crippen molar-refractivity contribution in [1.82, 2.24) is 0 Å². The Kier molecular flexibility index (Phi) is 7.45. The van der Waals surface area contributed by atoms with E-state index in [2.05, 4.69) is 243 Å². The molecule has 0 atom stereocenters. The quantitative estimate of drug-likeness (QED) is 0.171. The van der Waals surface area contributed by atoms with Crippen LogP contribution in [0.3, 0.4) is 0 Å². The zero-order valence-corrected chi connectivity index (χ0v) is 36.3. The lowest BCUT2D eigenvalue weighted by atomic mass is 9.70. The lowest BCUT2D eigenvalue weighted by Gasteiger charge is -2.33. The van der Waals surface area contributed by atoms with Crippen LogP contribution in [0.5, 0.6) is 0 Å². The molecular formula is C64H43N. The van der Waals surface area contributed by atoms with Gasteiger partial charge in [0.25, 0.3) is 0 Å². The molecule has 0 fully saturated rings. The van der Waals surface area contributed by atoms with E-state index in [1.807, 2.05) is 0 Å². The molecular weight excluding hydrogens is 783 g/mol. The standard InChI is InChI=1S/C64H43N/c1-40-35-41(2)37-43(36-40)42-27-29-44(30-28-42)65(45-31-33-53-51-19-7-13-25-59(51)63(61(53)38-45)55-21-9-3-15-47(55)48-16-4-10-22-56(48)63)46-32-34-54-52-20-8-14-26-60(52)64(62(54)39-46)57-23-11-5-17-49(57)50-18-6-12-24-58(50)64/h3-39H,1-2H3. The fourth-order valence-electron chi connectivity index (χ4n) is 12.8. The van der Waals surface area contributed by atoms with Gasteiger partial charge >= 0.3 is 0 Å². The van der Waals surface area contributed by atoms with Crippen molar-refractivity contribution in [2.75, 3.05) is 4.90 Å². The predicted molar refractivity (Wildman–Crippen MR) is 269 cm³/mol. The van der Waals surface area contributed by atoms with E-state index < -0.39 is 10.8 Å². The van der Waals surface area contributed by atoms with E-state index in [-0.39, 0.29) is 0 Å². The lowest BCUT2D eigenvalue weighted by molar-refractivity contribution is 0.792. The van der Waals surface area contributed by atoms with Gasteiger partial charge in [0.05, 0.1) is 10.8 Å². The van der Waals surface area contributed by atoms with Crippen LogP contribution in [0.15, 0.2) is 224 Å². The molecule has 10 aromatic rings. The van der Waals surface area contributed by atoms with E-state index in [0.29, 0.717) is 0 Å². The van der Waals surface area contributed by atoms with E-state index in [1.54, 1.807) is 0 Å². The summed E-state index contributed by atoms with van der Waals surface area (Å²) >= 11 is 0. The van der Waals surface area contributed by atoms with E-state index in [0.717, 1.165) is 17.1 Å². The Labute approximate surface area is 380 Å². The van der Waals surface area contributed by atoms with Gasteiger partial charge in [-0.25, -0.2) is 0 Å². The van der Waals surface area contributed by atoms with Crippen LogP contribution in [0.2, 0.25) is 0 Å². The molecule has 10 aromatic carbocycles. The molecule has 0 amide bonds. The van der Waals surface area contributed by atoms with Crippen molar-refractivity contribution in [3.63, 3.8) is 0 Å². The van der Waals surface area contributed by atoms with Gasteiger partial charge in [-0.05, 0) is 150 Å². The molecule has 0 saturated carbocycles. The number of hydrogen-bond donors (Lipinski definition) is 0. The van der Waals surface area contributed by atoms with Crippen LogP contribution in [-0.4, -0.2) is 0 Å². The molecule has 14 rings (SSSR count). The van der Waals surface area contributed by atoms with Gasteiger partial charge in [-0.1, -0.05) is 199 Å². The first-order valence-electron chi connectivity index (χ1n) is 22.9. The molecule has 4 aliphatic carbocycles. The van der Waals surface area contributed by atoms with Crippen molar-refractivity contribution in [2.24, 2.45) is 0 Å². The number of fused-ring (bicyclic) bond motifs is 20. The largest absolute Gasteiger partial charge is 0.310 e. The van der Waals surface area contributed by atoms with Gasteiger partial charge in [0.1, 0.15) is 0 Å². The Morgan fingerprint density at radius 3 is 0.877 bits per heavy atom. The van der Waals surface area contributed by atoms with Crippen molar-refractivity contribution in [2.45, 2.75) is 24.7 Å². The molecule has 1 nitrogen and oxygen atoms in total. The van der Waals surface area contributed by atoms with Gasteiger partial charge in [0.2, 0.25) is 0 Å². The first-order valence-corrected chi connectivity index (χ1v) is 22.9. The fourth-order valence-corrected chi connectivity index (χ4v) is 12.8. The molecule has 0 aliphatic heterocycles. The minimum Gasteiger partial charge on any atom is -0.310 e. The van der Waals surface area contributed by atoms with Crippen molar-refractivity contribution in [1.29, 1.82) is 0 Å².